The summed E-state index contributed by atoms with van der Waals surface area (Å²) < 4.78 is 0. The van der Waals surface area contributed by atoms with Crippen LogP contribution in [-0.2, 0) is 9.59 Å². The summed E-state index contributed by atoms with van der Waals surface area (Å²) in [5, 5.41) is 2.92. The van der Waals surface area contributed by atoms with Crippen LogP contribution in [0.5, 0.6) is 0 Å². The maximum Gasteiger partial charge on any atom is 0.325 e. The van der Waals surface area contributed by atoms with E-state index in [0.717, 1.165) is 30.6 Å². The molecule has 21 heavy (non-hydrogen) atoms. The van der Waals surface area contributed by atoms with Crippen LogP contribution in [0.15, 0.2) is 0 Å². The molecule has 1 aliphatic carbocycles. The van der Waals surface area contributed by atoms with Crippen molar-refractivity contribution in [1.29, 1.82) is 0 Å². The molecule has 0 radical (unpaired) electrons. The van der Waals surface area contributed by atoms with Crippen LogP contribution in [-0.4, -0.2) is 34.7 Å². The van der Waals surface area contributed by atoms with Gasteiger partial charge in [-0.05, 0) is 31.1 Å². The van der Waals surface area contributed by atoms with Crippen molar-refractivity contribution in [1.82, 2.24) is 10.2 Å². The second kappa shape index (κ2) is 5.78. The molecule has 2 rings (SSSR count). The normalized spacial score (nSPS) is 34.2. The fraction of sp³-hybridized carbons (Fsp3) is 0.812. The molecule has 0 bridgehead atoms. The molecule has 3 unspecified atom stereocenters. The van der Waals surface area contributed by atoms with Crippen LogP contribution in [0.4, 0.5) is 4.79 Å². The Balaban J connectivity index is 2.22. The van der Waals surface area contributed by atoms with Gasteiger partial charge in [0, 0.05) is 5.92 Å². The molecule has 3 atom stereocenters. The molecule has 1 saturated heterocycles. The third-order valence-electron chi connectivity index (χ3n) is 5.46. The first-order chi connectivity index (χ1) is 9.84. The number of carbonyl (C=O) groups is 3. The Kier molecular flexibility index (Phi) is 4.40. The number of carbonyl (C=O) groups excluding carboxylic acids is 3. The molecule has 5 heteroatoms. The Labute approximate surface area is 126 Å². The lowest BCUT2D eigenvalue weighted by atomic mass is 9.67. The maximum atomic E-state index is 12.9. The van der Waals surface area contributed by atoms with E-state index in [1.807, 2.05) is 27.7 Å². The summed E-state index contributed by atoms with van der Waals surface area (Å²) in [7, 11) is 0. The average Bonchev–Trinajstić information content (AvgIpc) is 2.70. The zero-order valence-corrected chi connectivity index (χ0v) is 13.4. The van der Waals surface area contributed by atoms with Crippen molar-refractivity contribution in [3.05, 3.63) is 0 Å². The van der Waals surface area contributed by atoms with Crippen molar-refractivity contribution < 1.29 is 14.4 Å². The van der Waals surface area contributed by atoms with Gasteiger partial charge in [0.25, 0.3) is 5.91 Å². The highest BCUT2D eigenvalue weighted by Crippen LogP contribution is 2.42. The van der Waals surface area contributed by atoms with Crippen molar-refractivity contribution in [3.63, 3.8) is 0 Å². The highest BCUT2D eigenvalue weighted by atomic mass is 16.2. The second-order valence-electron chi connectivity index (χ2n) is 6.70. The standard InChI is InChI=1S/C16H26N2O3/c1-5-10(2)13(19)9-18-14(20)16(17-15(18)21)11(3)7-6-8-12(16)4/h10-12H,5-9H2,1-4H3,(H,17,21). The van der Waals surface area contributed by atoms with E-state index in [1.54, 1.807) is 0 Å². The van der Waals surface area contributed by atoms with Gasteiger partial charge in [0.05, 0.1) is 6.54 Å². The summed E-state index contributed by atoms with van der Waals surface area (Å²) in [6.45, 7) is 7.71. The number of hydrogen-bond donors (Lipinski definition) is 1. The zero-order chi connectivity index (χ0) is 15.8. The number of hydrogen-bond acceptors (Lipinski definition) is 3. The second-order valence-corrected chi connectivity index (χ2v) is 6.70. The van der Waals surface area contributed by atoms with E-state index in [1.165, 1.54) is 0 Å². The fourth-order valence-electron chi connectivity index (χ4n) is 3.64. The van der Waals surface area contributed by atoms with Crippen molar-refractivity contribution in [3.8, 4) is 0 Å². The number of urea groups is 1. The smallest absolute Gasteiger partial charge is 0.323 e. The lowest BCUT2D eigenvalue weighted by Crippen LogP contribution is -2.59. The van der Waals surface area contributed by atoms with Crippen molar-refractivity contribution in [2.24, 2.45) is 17.8 Å². The first kappa shape index (κ1) is 16.0. The molecule has 2 fully saturated rings. The summed E-state index contributed by atoms with van der Waals surface area (Å²) in [6, 6.07) is -0.405. The van der Waals surface area contributed by atoms with Gasteiger partial charge >= 0.3 is 6.03 Å². The van der Waals surface area contributed by atoms with Gasteiger partial charge in [-0.1, -0.05) is 34.1 Å². The predicted octanol–water partition coefficient (Wildman–Crippen LogP) is 2.35. The number of Topliss-reactive ketones (excluding diaryl/α,β-unsaturated/α-hetero) is 1. The summed E-state index contributed by atoms with van der Waals surface area (Å²) in [5.41, 5.74) is -0.801. The van der Waals surface area contributed by atoms with Crippen LogP contribution in [0, 0.1) is 17.8 Å². The monoisotopic (exact) mass is 294 g/mol. The van der Waals surface area contributed by atoms with Gasteiger partial charge in [0.2, 0.25) is 0 Å². The van der Waals surface area contributed by atoms with Gasteiger partial charge < -0.3 is 5.32 Å². The van der Waals surface area contributed by atoms with Gasteiger partial charge in [0.15, 0.2) is 5.78 Å². The fourth-order valence-corrected chi connectivity index (χ4v) is 3.64. The number of amides is 3. The largest absolute Gasteiger partial charge is 0.325 e. The van der Waals surface area contributed by atoms with Gasteiger partial charge in [-0.15, -0.1) is 0 Å². The number of ketones is 1. The van der Waals surface area contributed by atoms with E-state index in [4.69, 9.17) is 0 Å². The van der Waals surface area contributed by atoms with Crippen LogP contribution >= 0.6 is 0 Å². The van der Waals surface area contributed by atoms with E-state index >= 15 is 0 Å². The number of rotatable bonds is 4. The van der Waals surface area contributed by atoms with Gasteiger partial charge in [-0.2, -0.15) is 0 Å². The van der Waals surface area contributed by atoms with Crippen molar-refractivity contribution in [2.75, 3.05) is 6.54 Å². The molecule has 1 aliphatic heterocycles. The molecular formula is C16H26N2O3. The predicted molar refractivity (Wildman–Crippen MR) is 79.6 cm³/mol. The molecule has 118 valence electrons. The minimum absolute atomic E-state index is 0.0471. The lowest BCUT2D eigenvalue weighted by Gasteiger charge is -2.42. The Morgan fingerprint density at radius 2 is 1.90 bits per heavy atom. The van der Waals surface area contributed by atoms with E-state index in [-0.39, 0.29) is 36.0 Å². The molecule has 1 spiro atoms. The average molecular weight is 294 g/mol. The Morgan fingerprint density at radius 1 is 1.33 bits per heavy atom. The highest BCUT2D eigenvalue weighted by molar-refractivity contribution is 6.09. The lowest BCUT2D eigenvalue weighted by molar-refractivity contribution is -0.139. The number of nitrogens with zero attached hydrogens (tertiary/aromatic N) is 1. The molecule has 0 aromatic heterocycles. The molecule has 2 aliphatic rings. The van der Waals surface area contributed by atoms with Crippen molar-refractivity contribution >= 4 is 17.7 Å². The third-order valence-corrected chi connectivity index (χ3v) is 5.46. The van der Waals surface area contributed by atoms with E-state index in [0.29, 0.717) is 0 Å². The molecular weight excluding hydrogens is 268 g/mol. The van der Waals surface area contributed by atoms with Gasteiger partial charge in [0.1, 0.15) is 5.54 Å². The van der Waals surface area contributed by atoms with Crippen LogP contribution < -0.4 is 5.32 Å². The summed E-state index contributed by atoms with van der Waals surface area (Å²) in [5.74, 6) is -0.149. The minimum atomic E-state index is -0.801. The quantitative estimate of drug-likeness (QED) is 0.809. The van der Waals surface area contributed by atoms with Crippen LogP contribution in [0.1, 0.15) is 53.4 Å². The summed E-state index contributed by atoms with van der Waals surface area (Å²) >= 11 is 0. The first-order valence-electron chi connectivity index (χ1n) is 8.01. The van der Waals surface area contributed by atoms with Crippen LogP contribution in [0.2, 0.25) is 0 Å². The maximum absolute atomic E-state index is 12.9. The highest BCUT2D eigenvalue weighted by Gasteiger charge is 2.58. The summed E-state index contributed by atoms with van der Waals surface area (Å²) in [4.78, 5) is 38.3. The third kappa shape index (κ3) is 2.47. The number of nitrogens with one attached hydrogen (secondary N) is 1. The molecule has 1 N–H and O–H groups in total. The SMILES string of the molecule is CCC(C)C(=O)CN1C(=O)NC2(C1=O)C(C)CCCC2C. The molecule has 5 nitrogen and oxygen atoms in total. The van der Waals surface area contributed by atoms with Crippen LogP contribution in [0.25, 0.3) is 0 Å². The molecule has 0 aromatic carbocycles. The van der Waals surface area contributed by atoms with Gasteiger partial charge in [-0.25, -0.2) is 4.79 Å². The van der Waals surface area contributed by atoms with Crippen LogP contribution in [0.3, 0.4) is 0 Å². The first-order valence-corrected chi connectivity index (χ1v) is 8.01. The Hall–Kier alpha value is -1.39. The molecule has 1 saturated carbocycles. The molecule has 3 amide bonds. The van der Waals surface area contributed by atoms with E-state index in [9.17, 15) is 14.4 Å². The molecule has 0 aromatic rings. The van der Waals surface area contributed by atoms with Gasteiger partial charge in [-0.3, -0.25) is 14.5 Å². The number of imide groups is 1. The molecule has 1 heterocycles. The topological polar surface area (TPSA) is 66.5 Å². The van der Waals surface area contributed by atoms with E-state index in [2.05, 4.69) is 5.32 Å². The zero-order valence-electron chi connectivity index (χ0n) is 13.4. The Bertz CT molecular complexity index is 450. The summed E-state index contributed by atoms with van der Waals surface area (Å²) in [6.07, 6.45) is 3.67. The van der Waals surface area contributed by atoms with Crippen molar-refractivity contribution in [2.45, 2.75) is 58.9 Å². The van der Waals surface area contributed by atoms with E-state index < -0.39 is 11.6 Å². The minimum Gasteiger partial charge on any atom is -0.323 e. The Morgan fingerprint density at radius 3 is 2.43 bits per heavy atom.